The van der Waals surface area contributed by atoms with E-state index in [-0.39, 0.29) is 30.8 Å². The lowest BCUT2D eigenvalue weighted by atomic mass is 10.1. The molecular formula is C18H27BrN4O5S. The summed E-state index contributed by atoms with van der Waals surface area (Å²) in [4.78, 5) is 41.3. The predicted octanol–water partition coefficient (Wildman–Crippen LogP) is 2.40. The summed E-state index contributed by atoms with van der Waals surface area (Å²) >= 11 is 4.69. The number of ether oxygens (including phenoxy) is 2. The van der Waals surface area contributed by atoms with E-state index in [1.807, 2.05) is 5.38 Å². The van der Waals surface area contributed by atoms with Crippen molar-refractivity contribution in [1.29, 1.82) is 0 Å². The van der Waals surface area contributed by atoms with Gasteiger partial charge in [0.15, 0.2) is 0 Å². The lowest BCUT2D eigenvalue weighted by molar-refractivity contribution is -0.145. The van der Waals surface area contributed by atoms with Crippen LogP contribution in [0.3, 0.4) is 0 Å². The van der Waals surface area contributed by atoms with Crippen molar-refractivity contribution in [2.24, 2.45) is 0 Å². The van der Waals surface area contributed by atoms with Gasteiger partial charge in [-0.15, -0.1) is 11.3 Å². The van der Waals surface area contributed by atoms with E-state index in [1.165, 1.54) is 23.5 Å². The Morgan fingerprint density at radius 3 is 2.76 bits per heavy atom. The summed E-state index contributed by atoms with van der Waals surface area (Å²) in [5, 5.41) is 6.64. The number of carbonyl (C=O) groups is 3. The Kier molecular flexibility index (Phi) is 8.41. The zero-order chi connectivity index (χ0) is 21.6. The molecule has 11 heteroatoms. The Morgan fingerprint density at radius 1 is 1.45 bits per heavy atom. The van der Waals surface area contributed by atoms with Gasteiger partial charge < -0.3 is 14.8 Å². The van der Waals surface area contributed by atoms with Crippen LogP contribution in [0.25, 0.3) is 0 Å². The highest BCUT2D eigenvalue weighted by Gasteiger charge is 2.32. The maximum absolute atomic E-state index is 13.2. The maximum Gasteiger partial charge on any atom is 0.408 e. The van der Waals surface area contributed by atoms with Gasteiger partial charge in [0.1, 0.15) is 16.2 Å². The van der Waals surface area contributed by atoms with Gasteiger partial charge in [0.25, 0.3) is 5.91 Å². The van der Waals surface area contributed by atoms with Gasteiger partial charge in [-0.05, 0) is 49.5 Å². The molecule has 0 saturated carbocycles. The number of hydrogen-bond acceptors (Lipinski definition) is 8. The molecule has 162 valence electrons. The summed E-state index contributed by atoms with van der Waals surface area (Å²) in [6.45, 7) is 5.74. The van der Waals surface area contributed by atoms with Gasteiger partial charge in [-0.25, -0.2) is 15.2 Å². The van der Waals surface area contributed by atoms with Crippen molar-refractivity contribution in [3.05, 3.63) is 15.0 Å². The summed E-state index contributed by atoms with van der Waals surface area (Å²) in [6.07, 6.45) is 1.22. The fourth-order valence-electron chi connectivity index (χ4n) is 2.85. The second-order valence-corrected chi connectivity index (χ2v) is 9.46. The molecule has 29 heavy (non-hydrogen) atoms. The Balaban J connectivity index is 2.10. The molecule has 0 unspecified atom stereocenters. The monoisotopic (exact) mass is 490 g/mol. The number of nitrogens with zero attached hydrogens (tertiary/aromatic N) is 2. The number of hydrazine groups is 1. The molecule has 9 nitrogen and oxygen atoms in total. The van der Waals surface area contributed by atoms with Crippen molar-refractivity contribution in [2.75, 3.05) is 13.7 Å². The Hall–Kier alpha value is -1.72. The van der Waals surface area contributed by atoms with Crippen molar-refractivity contribution in [3.8, 4) is 0 Å². The lowest BCUT2D eigenvalue weighted by Gasteiger charge is -2.35. The second-order valence-electron chi connectivity index (χ2n) is 7.71. The third-order valence-electron chi connectivity index (χ3n) is 4.07. The van der Waals surface area contributed by atoms with E-state index >= 15 is 0 Å². The molecule has 0 aromatic carbocycles. The first-order valence-electron chi connectivity index (χ1n) is 9.31. The van der Waals surface area contributed by atoms with Crippen LogP contribution in [-0.4, -0.2) is 59.3 Å². The standard InChI is InChI=1S/C18H27BrN4O5S/c1-18(2,3)28-17(26)20-12(9-14-21-13(19)10-29-14)16(25)23-7-5-6-11(22-23)8-15(24)27-4/h10-12,22H,5-9H2,1-4H3,(H,20,26)/t11-,12-/m0/s1. The first-order valence-corrected chi connectivity index (χ1v) is 11.0. The number of amides is 2. The minimum atomic E-state index is -0.854. The highest BCUT2D eigenvalue weighted by molar-refractivity contribution is 9.10. The van der Waals surface area contributed by atoms with Crippen LogP contribution >= 0.6 is 27.3 Å². The van der Waals surface area contributed by atoms with E-state index in [2.05, 4.69) is 31.7 Å². The van der Waals surface area contributed by atoms with E-state index in [0.717, 1.165) is 12.8 Å². The van der Waals surface area contributed by atoms with Gasteiger partial charge in [-0.3, -0.25) is 14.6 Å². The number of aromatic nitrogens is 1. The fourth-order valence-corrected chi connectivity index (χ4v) is 4.16. The van der Waals surface area contributed by atoms with Gasteiger partial charge in [-0.1, -0.05) is 0 Å². The van der Waals surface area contributed by atoms with E-state index in [4.69, 9.17) is 9.47 Å². The number of hydrogen-bond donors (Lipinski definition) is 2. The predicted molar refractivity (Wildman–Crippen MR) is 111 cm³/mol. The average Bonchev–Trinajstić information content (AvgIpc) is 3.04. The van der Waals surface area contributed by atoms with E-state index in [1.54, 1.807) is 20.8 Å². The van der Waals surface area contributed by atoms with E-state index in [0.29, 0.717) is 16.2 Å². The molecule has 1 saturated heterocycles. The molecule has 1 aliphatic rings. The SMILES string of the molecule is COC(=O)C[C@@H]1CCCN(C(=O)[C@H](Cc2nc(Br)cs2)NC(=O)OC(C)(C)C)N1. The van der Waals surface area contributed by atoms with Crippen LogP contribution in [0.2, 0.25) is 0 Å². The molecule has 1 aliphatic heterocycles. The molecule has 2 amide bonds. The Labute approximate surface area is 182 Å². The number of halogens is 1. The third kappa shape index (κ3) is 7.90. The third-order valence-corrected chi connectivity index (χ3v) is 5.65. The molecule has 2 heterocycles. The summed E-state index contributed by atoms with van der Waals surface area (Å²) in [5.41, 5.74) is 2.39. The molecule has 1 aromatic rings. The Bertz CT molecular complexity index is 736. The van der Waals surface area contributed by atoms with Gasteiger partial charge >= 0.3 is 12.1 Å². The molecule has 0 aliphatic carbocycles. The quantitative estimate of drug-likeness (QED) is 0.588. The molecular weight excluding hydrogens is 464 g/mol. The highest BCUT2D eigenvalue weighted by Crippen LogP contribution is 2.18. The van der Waals surface area contributed by atoms with E-state index < -0.39 is 17.7 Å². The van der Waals surface area contributed by atoms with Crippen LogP contribution in [0.5, 0.6) is 0 Å². The maximum atomic E-state index is 13.2. The van der Waals surface area contributed by atoms with Crippen LogP contribution in [0.1, 0.15) is 45.0 Å². The van der Waals surface area contributed by atoms with E-state index in [9.17, 15) is 14.4 Å². The zero-order valence-electron chi connectivity index (χ0n) is 17.0. The van der Waals surface area contributed by atoms with Crippen molar-refractivity contribution in [3.63, 3.8) is 0 Å². The number of thiazole rings is 1. The molecule has 1 fully saturated rings. The summed E-state index contributed by atoms with van der Waals surface area (Å²) in [7, 11) is 1.33. The number of rotatable bonds is 6. The largest absolute Gasteiger partial charge is 0.469 e. The molecule has 2 N–H and O–H groups in total. The number of alkyl carbamates (subject to hydrolysis) is 1. The first kappa shape index (κ1) is 23.6. The van der Waals surface area contributed by atoms with Crippen molar-refractivity contribution >= 4 is 45.2 Å². The van der Waals surface area contributed by atoms with Gasteiger partial charge in [0, 0.05) is 24.4 Å². The lowest BCUT2D eigenvalue weighted by Crippen LogP contribution is -2.59. The zero-order valence-corrected chi connectivity index (χ0v) is 19.4. The van der Waals surface area contributed by atoms with Crippen LogP contribution in [-0.2, 0) is 25.5 Å². The summed E-state index contributed by atoms with van der Waals surface area (Å²) in [6, 6.07) is -1.05. The summed E-state index contributed by atoms with van der Waals surface area (Å²) in [5.74, 6) is -0.649. The minimum Gasteiger partial charge on any atom is -0.469 e. The molecule has 1 aromatic heterocycles. The Morgan fingerprint density at radius 2 is 2.17 bits per heavy atom. The normalized spacial score (nSPS) is 18.1. The van der Waals surface area contributed by atoms with Gasteiger partial charge in [-0.2, -0.15) is 0 Å². The molecule has 0 spiro atoms. The van der Waals surface area contributed by atoms with Crippen LogP contribution in [0, 0.1) is 0 Å². The second kappa shape index (κ2) is 10.4. The van der Waals surface area contributed by atoms with Gasteiger partial charge in [0.05, 0.1) is 18.5 Å². The number of nitrogens with one attached hydrogen (secondary N) is 2. The molecule has 2 atom stereocenters. The van der Waals surface area contributed by atoms with Crippen molar-refractivity contribution in [1.82, 2.24) is 20.7 Å². The number of carbonyl (C=O) groups excluding carboxylic acids is 3. The molecule has 2 rings (SSSR count). The number of methoxy groups -OCH3 is 1. The molecule has 0 radical (unpaired) electrons. The summed E-state index contributed by atoms with van der Waals surface area (Å²) < 4.78 is 10.7. The average molecular weight is 491 g/mol. The number of esters is 1. The molecule has 0 bridgehead atoms. The topological polar surface area (TPSA) is 110 Å². The smallest absolute Gasteiger partial charge is 0.408 e. The fraction of sp³-hybridized carbons (Fsp3) is 0.667. The van der Waals surface area contributed by atoms with Gasteiger partial charge in [0.2, 0.25) is 0 Å². The van der Waals surface area contributed by atoms with Crippen LogP contribution in [0.15, 0.2) is 9.98 Å². The minimum absolute atomic E-state index is 0.171. The first-order chi connectivity index (χ1) is 13.6. The highest BCUT2D eigenvalue weighted by atomic mass is 79.9. The van der Waals surface area contributed by atoms with Crippen molar-refractivity contribution < 1.29 is 23.9 Å². The van der Waals surface area contributed by atoms with Crippen LogP contribution < -0.4 is 10.7 Å². The van der Waals surface area contributed by atoms with Crippen molar-refractivity contribution in [2.45, 2.75) is 64.1 Å². The van der Waals surface area contributed by atoms with Crippen LogP contribution in [0.4, 0.5) is 4.79 Å².